The second-order valence-electron chi connectivity index (χ2n) is 5.38. The second-order valence-corrected chi connectivity index (χ2v) is 5.38. The highest BCUT2D eigenvalue weighted by Crippen LogP contribution is 2.32. The van der Waals surface area contributed by atoms with Crippen molar-refractivity contribution in [2.75, 3.05) is 17.7 Å². The average molecular weight is 236 g/mol. The minimum atomic E-state index is 0.189. The Morgan fingerprint density at radius 3 is 2.53 bits per heavy atom. The molecule has 1 aromatic rings. The molecule has 17 heavy (non-hydrogen) atoms. The first-order valence-corrected chi connectivity index (χ1v) is 6.14. The second kappa shape index (κ2) is 5.30. The van der Waals surface area contributed by atoms with Crippen molar-refractivity contribution in [1.29, 1.82) is 0 Å². The Kier molecular flexibility index (Phi) is 4.27. The van der Waals surface area contributed by atoms with E-state index < -0.39 is 0 Å². The molecule has 0 saturated heterocycles. The molecule has 0 bridgehead atoms. The van der Waals surface area contributed by atoms with Gasteiger partial charge in [-0.2, -0.15) is 0 Å². The van der Waals surface area contributed by atoms with Crippen LogP contribution in [0.2, 0.25) is 0 Å². The topological polar surface area (TPSA) is 47.3 Å². The van der Waals surface area contributed by atoms with Crippen LogP contribution < -0.4 is 15.8 Å². The number of hydrogen-bond acceptors (Lipinski definition) is 3. The Morgan fingerprint density at radius 1 is 1.35 bits per heavy atom. The Hall–Kier alpha value is -1.38. The number of nitrogens with two attached hydrogens (primary N) is 1. The molecule has 1 rings (SSSR count). The molecule has 3 nitrogen and oxygen atoms in total. The summed E-state index contributed by atoms with van der Waals surface area (Å²) in [6, 6.07) is 6.17. The van der Waals surface area contributed by atoms with E-state index in [0.29, 0.717) is 18.3 Å². The zero-order valence-electron chi connectivity index (χ0n) is 11.5. The first-order valence-electron chi connectivity index (χ1n) is 6.14. The summed E-state index contributed by atoms with van der Waals surface area (Å²) in [5.41, 5.74) is 7.89. The summed E-state index contributed by atoms with van der Waals surface area (Å²) in [6.45, 7) is 11.3. The molecule has 0 aliphatic rings. The van der Waals surface area contributed by atoms with E-state index in [0.717, 1.165) is 11.4 Å². The van der Waals surface area contributed by atoms with E-state index in [9.17, 15) is 0 Å². The largest absolute Gasteiger partial charge is 0.492 e. The number of para-hydroxylation sites is 1. The highest BCUT2D eigenvalue weighted by Gasteiger charge is 2.20. The predicted molar refractivity (Wildman–Crippen MR) is 74.6 cm³/mol. The molecular formula is C14H24N2O. The molecule has 0 aliphatic heterocycles. The molecule has 3 heteroatoms. The molecule has 0 saturated carbocycles. The molecule has 0 heterocycles. The predicted octanol–water partition coefficient (Wildman–Crippen LogP) is 3.51. The number of hydrogen-bond donors (Lipinski definition) is 2. The molecule has 0 amide bonds. The molecule has 1 unspecified atom stereocenters. The molecule has 1 aromatic carbocycles. The lowest BCUT2D eigenvalue weighted by Crippen LogP contribution is -2.31. The minimum absolute atomic E-state index is 0.189. The Bertz CT molecular complexity index is 369. The Labute approximate surface area is 104 Å². The van der Waals surface area contributed by atoms with Crippen molar-refractivity contribution in [3.63, 3.8) is 0 Å². The van der Waals surface area contributed by atoms with Gasteiger partial charge >= 0.3 is 0 Å². The molecular weight excluding hydrogens is 212 g/mol. The van der Waals surface area contributed by atoms with Gasteiger partial charge in [0.2, 0.25) is 0 Å². The van der Waals surface area contributed by atoms with Crippen molar-refractivity contribution in [1.82, 2.24) is 0 Å². The molecule has 1 atom stereocenters. The summed E-state index contributed by atoms with van der Waals surface area (Å²) >= 11 is 0. The fourth-order valence-corrected chi connectivity index (χ4v) is 1.40. The maximum absolute atomic E-state index is 6.07. The van der Waals surface area contributed by atoms with Gasteiger partial charge in [0.05, 0.1) is 18.0 Å². The zero-order valence-corrected chi connectivity index (χ0v) is 11.5. The van der Waals surface area contributed by atoms with E-state index >= 15 is 0 Å². The van der Waals surface area contributed by atoms with E-state index in [1.807, 2.05) is 25.1 Å². The van der Waals surface area contributed by atoms with E-state index in [1.165, 1.54) is 0 Å². The smallest absolute Gasteiger partial charge is 0.144 e. The third kappa shape index (κ3) is 3.55. The van der Waals surface area contributed by atoms with Crippen molar-refractivity contribution in [3.05, 3.63) is 18.2 Å². The number of nitrogens with one attached hydrogen (secondary N) is 1. The lowest BCUT2D eigenvalue weighted by molar-refractivity contribution is 0.341. The van der Waals surface area contributed by atoms with Gasteiger partial charge in [0.1, 0.15) is 5.75 Å². The number of benzene rings is 1. The maximum Gasteiger partial charge on any atom is 0.144 e. The van der Waals surface area contributed by atoms with Crippen LogP contribution in [-0.2, 0) is 0 Å². The molecule has 0 radical (unpaired) electrons. The first-order chi connectivity index (χ1) is 7.86. The van der Waals surface area contributed by atoms with Gasteiger partial charge < -0.3 is 15.8 Å². The van der Waals surface area contributed by atoms with Crippen LogP contribution in [0.25, 0.3) is 0 Å². The lowest BCUT2D eigenvalue weighted by Gasteiger charge is -2.29. The van der Waals surface area contributed by atoms with Crippen molar-refractivity contribution in [3.8, 4) is 5.75 Å². The van der Waals surface area contributed by atoms with Crippen molar-refractivity contribution in [2.45, 2.75) is 40.7 Å². The van der Waals surface area contributed by atoms with Crippen LogP contribution in [0.4, 0.5) is 11.4 Å². The molecule has 0 aliphatic carbocycles. The monoisotopic (exact) mass is 236 g/mol. The number of rotatable bonds is 4. The number of anilines is 2. The number of nitrogen functional groups attached to an aromatic ring is 1. The quantitative estimate of drug-likeness (QED) is 0.786. The summed E-state index contributed by atoms with van der Waals surface area (Å²) in [7, 11) is 0. The van der Waals surface area contributed by atoms with Gasteiger partial charge in [-0.05, 0) is 31.4 Å². The molecule has 96 valence electrons. The number of ether oxygens (including phenoxy) is 1. The summed E-state index contributed by atoms with van der Waals surface area (Å²) in [4.78, 5) is 0. The van der Waals surface area contributed by atoms with Gasteiger partial charge in [0.15, 0.2) is 0 Å². The first kappa shape index (κ1) is 13.7. The van der Waals surface area contributed by atoms with Crippen LogP contribution in [0, 0.1) is 5.41 Å². The van der Waals surface area contributed by atoms with Gasteiger partial charge in [0.25, 0.3) is 0 Å². The van der Waals surface area contributed by atoms with Gasteiger partial charge in [0, 0.05) is 6.04 Å². The van der Waals surface area contributed by atoms with Crippen LogP contribution in [-0.4, -0.2) is 12.6 Å². The molecule has 0 fully saturated rings. The third-order valence-electron chi connectivity index (χ3n) is 3.04. The normalized spacial score (nSPS) is 13.2. The van der Waals surface area contributed by atoms with Gasteiger partial charge in [-0.15, -0.1) is 0 Å². The van der Waals surface area contributed by atoms with Crippen molar-refractivity contribution < 1.29 is 4.74 Å². The highest BCUT2D eigenvalue weighted by atomic mass is 16.5. The molecule has 0 aromatic heterocycles. The van der Waals surface area contributed by atoms with Crippen molar-refractivity contribution in [2.24, 2.45) is 5.41 Å². The van der Waals surface area contributed by atoms with Gasteiger partial charge in [-0.1, -0.05) is 26.8 Å². The van der Waals surface area contributed by atoms with E-state index in [-0.39, 0.29) is 5.41 Å². The summed E-state index contributed by atoms with van der Waals surface area (Å²) in [5, 5.41) is 3.44. The van der Waals surface area contributed by atoms with Crippen LogP contribution in [0.3, 0.4) is 0 Å². The lowest BCUT2D eigenvalue weighted by atomic mass is 9.88. The van der Waals surface area contributed by atoms with Crippen LogP contribution >= 0.6 is 0 Å². The summed E-state index contributed by atoms with van der Waals surface area (Å²) in [6.07, 6.45) is 0. The van der Waals surface area contributed by atoms with E-state index in [1.54, 1.807) is 0 Å². The van der Waals surface area contributed by atoms with Crippen LogP contribution in [0.15, 0.2) is 18.2 Å². The Balaban J connectivity index is 2.88. The highest BCUT2D eigenvalue weighted by molar-refractivity contribution is 5.73. The maximum atomic E-state index is 6.07. The average Bonchev–Trinajstić information content (AvgIpc) is 2.22. The SMILES string of the molecule is CCOc1cccc(NC(C)C(C)(C)C)c1N. The fourth-order valence-electron chi connectivity index (χ4n) is 1.40. The summed E-state index contributed by atoms with van der Waals surface area (Å²) in [5.74, 6) is 0.749. The minimum Gasteiger partial charge on any atom is -0.492 e. The third-order valence-corrected chi connectivity index (χ3v) is 3.04. The molecule has 0 spiro atoms. The zero-order chi connectivity index (χ0) is 13.1. The van der Waals surface area contributed by atoms with E-state index in [2.05, 4.69) is 33.0 Å². The van der Waals surface area contributed by atoms with Crippen molar-refractivity contribution >= 4 is 11.4 Å². The van der Waals surface area contributed by atoms with Crippen LogP contribution in [0.1, 0.15) is 34.6 Å². The Morgan fingerprint density at radius 2 is 2.00 bits per heavy atom. The summed E-state index contributed by atoms with van der Waals surface area (Å²) < 4.78 is 5.48. The fraction of sp³-hybridized carbons (Fsp3) is 0.571. The van der Waals surface area contributed by atoms with Gasteiger partial charge in [-0.25, -0.2) is 0 Å². The molecule has 3 N–H and O–H groups in total. The standard InChI is InChI=1S/C14H24N2O/c1-6-17-12-9-7-8-11(13(12)15)16-10(2)14(3,4)5/h7-10,16H,6,15H2,1-5H3. The van der Waals surface area contributed by atoms with E-state index in [4.69, 9.17) is 10.5 Å². The van der Waals surface area contributed by atoms with Crippen LogP contribution in [0.5, 0.6) is 5.75 Å². The van der Waals surface area contributed by atoms with Gasteiger partial charge in [-0.3, -0.25) is 0 Å².